The van der Waals surface area contributed by atoms with Gasteiger partial charge in [0.05, 0.1) is 0 Å². The molecule has 1 rings (SSSR count). The molecule has 2 N–H and O–H groups in total. The van der Waals surface area contributed by atoms with E-state index in [4.69, 9.17) is 10.4 Å². The van der Waals surface area contributed by atoms with E-state index in [-0.39, 0.29) is 11.4 Å². The Morgan fingerprint density at radius 2 is 1.30 bits per heavy atom. The van der Waals surface area contributed by atoms with Crippen LogP contribution in [0.5, 0.6) is 0 Å². The molecule has 0 aromatic carbocycles. The Labute approximate surface area is 57.5 Å². The first-order valence-corrected chi connectivity index (χ1v) is 2.67. The van der Waals surface area contributed by atoms with E-state index in [1.54, 1.807) is 12.2 Å². The average Bonchev–Trinajstić information content (AvgIpc) is 2.04. The highest BCUT2D eigenvalue weighted by molar-refractivity contribution is 6.50. The summed E-state index contributed by atoms with van der Waals surface area (Å²) in [5.74, 6) is 0. The molecule has 1 aliphatic carbocycles. The molecule has 0 spiro atoms. The van der Waals surface area contributed by atoms with Gasteiger partial charge in [0.2, 0.25) is 0 Å². The first-order valence-electron chi connectivity index (χ1n) is 2.67. The SMILES string of the molecule is ON=C1C=CC=CC1=NO. The van der Waals surface area contributed by atoms with Crippen LogP contribution in [0.2, 0.25) is 0 Å². The summed E-state index contributed by atoms with van der Waals surface area (Å²) >= 11 is 0. The van der Waals surface area contributed by atoms with Crippen molar-refractivity contribution in [2.24, 2.45) is 10.3 Å². The van der Waals surface area contributed by atoms with Gasteiger partial charge in [-0.25, -0.2) is 0 Å². The van der Waals surface area contributed by atoms with Crippen LogP contribution in [-0.4, -0.2) is 21.8 Å². The number of hydrogen-bond donors (Lipinski definition) is 2. The predicted octanol–water partition coefficient (Wildman–Crippen LogP) is 0.773. The predicted molar refractivity (Wildman–Crippen MR) is 36.7 cm³/mol. The van der Waals surface area contributed by atoms with E-state index in [0.717, 1.165) is 0 Å². The lowest BCUT2D eigenvalue weighted by atomic mass is 10.1. The minimum Gasteiger partial charge on any atom is -0.410 e. The molecule has 52 valence electrons. The number of allylic oxidation sites excluding steroid dienone is 4. The third-order valence-corrected chi connectivity index (χ3v) is 1.10. The van der Waals surface area contributed by atoms with Crippen molar-refractivity contribution in [2.75, 3.05) is 0 Å². The van der Waals surface area contributed by atoms with Crippen LogP contribution in [0, 0.1) is 0 Å². The van der Waals surface area contributed by atoms with E-state index < -0.39 is 0 Å². The van der Waals surface area contributed by atoms with Gasteiger partial charge < -0.3 is 10.4 Å². The van der Waals surface area contributed by atoms with Crippen molar-refractivity contribution in [1.29, 1.82) is 0 Å². The van der Waals surface area contributed by atoms with E-state index in [1.807, 2.05) is 0 Å². The van der Waals surface area contributed by atoms with Gasteiger partial charge >= 0.3 is 0 Å². The molecule has 0 aromatic heterocycles. The van der Waals surface area contributed by atoms with Gasteiger partial charge in [-0.1, -0.05) is 22.5 Å². The van der Waals surface area contributed by atoms with Crippen molar-refractivity contribution in [2.45, 2.75) is 0 Å². The Hall–Kier alpha value is -1.58. The maximum Gasteiger partial charge on any atom is 0.131 e. The molecule has 0 fully saturated rings. The number of nitrogens with zero attached hydrogens (tertiary/aromatic N) is 2. The summed E-state index contributed by atoms with van der Waals surface area (Å²) in [6.07, 6.45) is 6.44. The van der Waals surface area contributed by atoms with Crippen molar-refractivity contribution in [1.82, 2.24) is 0 Å². The first kappa shape index (κ1) is 6.54. The highest BCUT2D eigenvalue weighted by Gasteiger charge is 2.05. The summed E-state index contributed by atoms with van der Waals surface area (Å²) in [7, 11) is 0. The maximum atomic E-state index is 8.30. The summed E-state index contributed by atoms with van der Waals surface area (Å²) < 4.78 is 0. The van der Waals surface area contributed by atoms with Crippen LogP contribution >= 0.6 is 0 Å². The largest absolute Gasteiger partial charge is 0.410 e. The molecular formula is C6H6N2O2. The summed E-state index contributed by atoms with van der Waals surface area (Å²) in [6, 6.07) is 0. The molecule has 0 amide bonds. The monoisotopic (exact) mass is 138 g/mol. The summed E-state index contributed by atoms with van der Waals surface area (Å²) in [4.78, 5) is 0. The normalized spacial score (nSPS) is 24.4. The van der Waals surface area contributed by atoms with Gasteiger partial charge in [0.1, 0.15) is 11.4 Å². The molecule has 4 heteroatoms. The topological polar surface area (TPSA) is 65.2 Å². The second kappa shape index (κ2) is 2.82. The van der Waals surface area contributed by atoms with Gasteiger partial charge in [0, 0.05) is 0 Å². The summed E-state index contributed by atoms with van der Waals surface area (Å²) in [5.41, 5.74) is 0.509. The van der Waals surface area contributed by atoms with Gasteiger partial charge in [0.15, 0.2) is 0 Å². The van der Waals surface area contributed by atoms with Gasteiger partial charge in [-0.05, 0) is 12.2 Å². The Morgan fingerprint density at radius 1 is 0.900 bits per heavy atom. The van der Waals surface area contributed by atoms with E-state index in [2.05, 4.69) is 10.3 Å². The van der Waals surface area contributed by atoms with Gasteiger partial charge in [-0.15, -0.1) is 0 Å². The van der Waals surface area contributed by atoms with Crippen LogP contribution in [0.1, 0.15) is 0 Å². The zero-order chi connectivity index (χ0) is 7.40. The number of rotatable bonds is 0. The van der Waals surface area contributed by atoms with Crippen molar-refractivity contribution >= 4 is 11.4 Å². The molecule has 4 nitrogen and oxygen atoms in total. The maximum absolute atomic E-state index is 8.30. The van der Waals surface area contributed by atoms with Crippen LogP contribution < -0.4 is 0 Å². The number of hydrogen-bond acceptors (Lipinski definition) is 4. The lowest BCUT2D eigenvalue weighted by molar-refractivity contribution is 0.315. The van der Waals surface area contributed by atoms with Gasteiger partial charge in [-0.3, -0.25) is 0 Å². The lowest BCUT2D eigenvalue weighted by Gasteiger charge is -1.98. The highest BCUT2D eigenvalue weighted by atomic mass is 16.4. The molecule has 0 aromatic rings. The Bertz CT molecular complexity index is 212. The van der Waals surface area contributed by atoms with E-state index >= 15 is 0 Å². The molecule has 0 radical (unpaired) electrons. The molecule has 10 heavy (non-hydrogen) atoms. The third-order valence-electron chi connectivity index (χ3n) is 1.10. The summed E-state index contributed by atoms with van der Waals surface area (Å²) in [5, 5.41) is 22.4. The van der Waals surface area contributed by atoms with Crippen LogP contribution in [0.15, 0.2) is 34.6 Å². The second-order valence-electron chi connectivity index (χ2n) is 1.69. The second-order valence-corrected chi connectivity index (χ2v) is 1.69. The number of oxime groups is 2. The third kappa shape index (κ3) is 1.05. The van der Waals surface area contributed by atoms with Gasteiger partial charge in [0.25, 0.3) is 0 Å². The minimum absolute atomic E-state index is 0.255. The summed E-state index contributed by atoms with van der Waals surface area (Å²) in [6.45, 7) is 0. The zero-order valence-electron chi connectivity index (χ0n) is 5.10. The van der Waals surface area contributed by atoms with E-state index in [9.17, 15) is 0 Å². The molecule has 1 aliphatic rings. The molecule has 0 atom stereocenters. The lowest BCUT2D eigenvalue weighted by Crippen LogP contribution is -2.10. The molecule has 0 aliphatic heterocycles. The zero-order valence-corrected chi connectivity index (χ0v) is 5.10. The van der Waals surface area contributed by atoms with Crippen LogP contribution in [0.4, 0.5) is 0 Å². The standard InChI is InChI=1S/C6H6N2O2/c9-7-5-3-1-2-4-6(5)8-10/h1-4,9-10H. The molecule has 0 saturated heterocycles. The van der Waals surface area contributed by atoms with Crippen molar-refractivity contribution < 1.29 is 10.4 Å². The van der Waals surface area contributed by atoms with Crippen molar-refractivity contribution in [3.63, 3.8) is 0 Å². The average molecular weight is 138 g/mol. The molecule has 0 saturated carbocycles. The van der Waals surface area contributed by atoms with E-state index in [0.29, 0.717) is 0 Å². The fraction of sp³-hybridized carbons (Fsp3) is 0. The van der Waals surface area contributed by atoms with Crippen molar-refractivity contribution in [3.8, 4) is 0 Å². The Kier molecular flexibility index (Phi) is 1.84. The molecule has 0 unspecified atom stereocenters. The minimum atomic E-state index is 0.255. The Morgan fingerprint density at radius 3 is 1.60 bits per heavy atom. The first-order chi connectivity index (χ1) is 4.88. The molecular weight excluding hydrogens is 132 g/mol. The fourth-order valence-electron chi connectivity index (χ4n) is 0.633. The smallest absolute Gasteiger partial charge is 0.131 e. The van der Waals surface area contributed by atoms with Crippen molar-refractivity contribution in [3.05, 3.63) is 24.3 Å². The van der Waals surface area contributed by atoms with Gasteiger partial charge in [-0.2, -0.15) is 0 Å². The van der Waals surface area contributed by atoms with Crippen LogP contribution in [0.25, 0.3) is 0 Å². The molecule has 0 heterocycles. The highest BCUT2D eigenvalue weighted by Crippen LogP contribution is 1.96. The van der Waals surface area contributed by atoms with Crippen LogP contribution in [0.3, 0.4) is 0 Å². The quantitative estimate of drug-likeness (QED) is 0.295. The Balaban J connectivity index is 2.96. The van der Waals surface area contributed by atoms with E-state index in [1.165, 1.54) is 12.2 Å². The van der Waals surface area contributed by atoms with Crippen LogP contribution in [-0.2, 0) is 0 Å². The molecule has 0 bridgehead atoms. The fourth-order valence-corrected chi connectivity index (χ4v) is 0.633.